The summed E-state index contributed by atoms with van der Waals surface area (Å²) < 4.78 is 32.4. The Kier molecular flexibility index (Phi) is 6.91. The first-order chi connectivity index (χ1) is 13.3. The Bertz CT molecular complexity index is 995. The highest BCUT2D eigenvalue weighted by Gasteiger charge is 2.19. The van der Waals surface area contributed by atoms with Crippen LogP contribution in [-0.4, -0.2) is 20.9 Å². The number of ether oxygens (including phenoxy) is 1. The molecule has 0 aliphatic rings. The lowest BCUT2D eigenvalue weighted by atomic mass is 9.84. The van der Waals surface area contributed by atoms with Crippen LogP contribution in [0.2, 0.25) is 0 Å². The van der Waals surface area contributed by atoms with E-state index in [0.29, 0.717) is 0 Å². The van der Waals surface area contributed by atoms with E-state index in [4.69, 9.17) is 4.74 Å². The Morgan fingerprint density at radius 1 is 0.931 bits per heavy atom. The highest BCUT2D eigenvalue weighted by atomic mass is 32.2. The molecule has 0 spiro atoms. The second kappa shape index (κ2) is 8.67. The van der Waals surface area contributed by atoms with Crippen molar-refractivity contribution < 1.29 is 17.9 Å². The lowest BCUT2D eigenvalue weighted by Gasteiger charge is -2.22. The number of carbonyl (C=O) groups excluding carboxylic acids is 1. The van der Waals surface area contributed by atoms with Crippen LogP contribution in [0.25, 0.3) is 0 Å². The van der Waals surface area contributed by atoms with Gasteiger partial charge in [-0.05, 0) is 78.6 Å². The Morgan fingerprint density at radius 3 is 2.03 bits per heavy atom. The summed E-state index contributed by atoms with van der Waals surface area (Å²) in [5.74, 6) is -0.615. The summed E-state index contributed by atoms with van der Waals surface area (Å²) in [7, 11) is -3.77. The number of nitrogens with one attached hydrogen (secondary N) is 1. The molecule has 2 aromatic rings. The summed E-state index contributed by atoms with van der Waals surface area (Å²) >= 11 is 0. The highest BCUT2D eigenvalue weighted by Crippen LogP contribution is 2.27. The Hall–Kier alpha value is -2.18. The first kappa shape index (κ1) is 23.1. The van der Waals surface area contributed by atoms with Crippen LogP contribution in [0.5, 0.6) is 0 Å². The molecule has 0 amide bonds. The molecule has 0 heterocycles. The summed E-state index contributed by atoms with van der Waals surface area (Å²) in [6.07, 6.45) is 0. The normalized spacial score (nSPS) is 12.1. The fourth-order valence-electron chi connectivity index (χ4n) is 2.98. The van der Waals surface area contributed by atoms with Gasteiger partial charge >= 0.3 is 5.97 Å². The molecule has 0 saturated heterocycles. The lowest BCUT2D eigenvalue weighted by Crippen LogP contribution is -2.30. The van der Waals surface area contributed by atoms with Crippen LogP contribution in [-0.2, 0) is 31.6 Å². The van der Waals surface area contributed by atoms with Crippen molar-refractivity contribution in [3.63, 3.8) is 0 Å². The van der Waals surface area contributed by atoms with Crippen molar-refractivity contribution in [2.24, 2.45) is 0 Å². The average molecular weight is 418 g/mol. The van der Waals surface area contributed by atoms with Gasteiger partial charge in [-0.1, -0.05) is 39.0 Å². The van der Waals surface area contributed by atoms with E-state index in [1.165, 1.54) is 11.6 Å². The number of hydrogen-bond acceptors (Lipinski definition) is 4. The second-order valence-corrected chi connectivity index (χ2v) is 10.3. The molecule has 0 atom stereocenters. The molecule has 0 unspecified atom stereocenters. The second-order valence-electron chi connectivity index (χ2n) is 8.57. The highest BCUT2D eigenvalue weighted by molar-refractivity contribution is 7.89. The van der Waals surface area contributed by atoms with Gasteiger partial charge in [-0.25, -0.2) is 8.42 Å². The minimum absolute atomic E-state index is 0.0390. The standard InChI is InChI=1S/C23H31NO4S/c1-15-8-9-20(12-16(15)2)29(26,27)24-13-22(25)28-14-21-17(3)10-19(11-18(21)4)23(5,6)7/h8-12,24H,13-14H2,1-7H3. The van der Waals surface area contributed by atoms with E-state index in [-0.39, 0.29) is 16.9 Å². The van der Waals surface area contributed by atoms with Crippen LogP contribution in [0.15, 0.2) is 35.2 Å². The number of sulfonamides is 1. The molecule has 0 aliphatic heterocycles. The van der Waals surface area contributed by atoms with E-state index in [0.717, 1.165) is 27.8 Å². The predicted octanol–water partition coefficient (Wildman–Crippen LogP) is 4.24. The quantitative estimate of drug-likeness (QED) is 0.714. The van der Waals surface area contributed by atoms with Crippen LogP contribution in [0.1, 0.15) is 54.2 Å². The number of benzene rings is 2. The van der Waals surface area contributed by atoms with Gasteiger partial charge in [0.25, 0.3) is 0 Å². The molecule has 0 saturated carbocycles. The third-order valence-corrected chi connectivity index (χ3v) is 6.53. The smallest absolute Gasteiger partial charge is 0.321 e. The maximum Gasteiger partial charge on any atom is 0.321 e. The fraction of sp³-hybridized carbons (Fsp3) is 0.435. The number of carbonyl (C=O) groups is 1. The van der Waals surface area contributed by atoms with E-state index in [2.05, 4.69) is 37.6 Å². The lowest BCUT2D eigenvalue weighted by molar-refractivity contribution is -0.143. The molecule has 2 aromatic carbocycles. The predicted molar refractivity (Wildman–Crippen MR) is 116 cm³/mol. The third kappa shape index (κ3) is 5.90. The van der Waals surface area contributed by atoms with E-state index in [9.17, 15) is 13.2 Å². The Labute approximate surface area is 174 Å². The minimum Gasteiger partial charge on any atom is -0.460 e. The number of aryl methyl sites for hydroxylation is 4. The maximum atomic E-state index is 12.4. The van der Waals surface area contributed by atoms with Gasteiger partial charge in [0.05, 0.1) is 4.90 Å². The monoisotopic (exact) mass is 417 g/mol. The minimum atomic E-state index is -3.77. The van der Waals surface area contributed by atoms with Crippen molar-refractivity contribution in [3.05, 3.63) is 63.7 Å². The Balaban J connectivity index is 2.01. The van der Waals surface area contributed by atoms with Gasteiger partial charge in [0, 0.05) is 0 Å². The molecular formula is C23H31NO4S. The van der Waals surface area contributed by atoms with Crippen LogP contribution < -0.4 is 4.72 Å². The largest absolute Gasteiger partial charge is 0.460 e. The Morgan fingerprint density at radius 2 is 1.52 bits per heavy atom. The molecule has 0 radical (unpaired) electrons. The topological polar surface area (TPSA) is 72.5 Å². The van der Waals surface area contributed by atoms with Crippen molar-refractivity contribution in [1.82, 2.24) is 4.72 Å². The van der Waals surface area contributed by atoms with Crippen molar-refractivity contribution in [2.45, 2.75) is 65.4 Å². The van der Waals surface area contributed by atoms with E-state index >= 15 is 0 Å². The van der Waals surface area contributed by atoms with Gasteiger partial charge in [-0.15, -0.1) is 0 Å². The fourth-order valence-corrected chi connectivity index (χ4v) is 4.03. The maximum absolute atomic E-state index is 12.4. The van der Waals surface area contributed by atoms with Gasteiger partial charge in [0.2, 0.25) is 10.0 Å². The first-order valence-electron chi connectivity index (χ1n) is 9.64. The SMILES string of the molecule is Cc1ccc(S(=O)(=O)NCC(=O)OCc2c(C)cc(C(C)(C)C)cc2C)cc1C. The third-order valence-electron chi connectivity index (χ3n) is 5.13. The molecule has 0 aromatic heterocycles. The molecule has 2 rings (SSSR count). The van der Waals surface area contributed by atoms with Crippen molar-refractivity contribution >= 4 is 16.0 Å². The van der Waals surface area contributed by atoms with Gasteiger partial charge < -0.3 is 4.74 Å². The zero-order chi connectivity index (χ0) is 22.0. The molecule has 6 heteroatoms. The van der Waals surface area contributed by atoms with Crippen LogP contribution in [0.4, 0.5) is 0 Å². The zero-order valence-corrected chi connectivity index (χ0v) is 19.2. The first-order valence-corrected chi connectivity index (χ1v) is 11.1. The van der Waals surface area contributed by atoms with Crippen molar-refractivity contribution in [1.29, 1.82) is 0 Å². The molecule has 5 nitrogen and oxygen atoms in total. The summed E-state index contributed by atoms with van der Waals surface area (Å²) in [6, 6.07) is 9.08. The van der Waals surface area contributed by atoms with Crippen molar-refractivity contribution in [3.8, 4) is 0 Å². The molecule has 1 N–H and O–H groups in total. The molecule has 0 bridgehead atoms. The number of rotatable bonds is 6. The van der Waals surface area contributed by atoms with E-state index < -0.39 is 22.5 Å². The van der Waals surface area contributed by atoms with Crippen molar-refractivity contribution in [2.75, 3.05) is 6.54 Å². The summed E-state index contributed by atoms with van der Waals surface area (Å²) in [5.41, 5.74) is 6.20. The van der Waals surface area contributed by atoms with Crippen LogP contribution in [0.3, 0.4) is 0 Å². The molecule has 0 fully saturated rings. The van der Waals surface area contributed by atoms with Gasteiger partial charge in [0.15, 0.2) is 0 Å². The van der Waals surface area contributed by atoms with Gasteiger partial charge in [-0.2, -0.15) is 4.72 Å². The molecule has 29 heavy (non-hydrogen) atoms. The zero-order valence-electron chi connectivity index (χ0n) is 18.3. The average Bonchev–Trinajstić information content (AvgIpc) is 2.60. The van der Waals surface area contributed by atoms with E-state index in [1.54, 1.807) is 12.1 Å². The molecular weight excluding hydrogens is 386 g/mol. The van der Waals surface area contributed by atoms with Crippen LogP contribution >= 0.6 is 0 Å². The summed E-state index contributed by atoms with van der Waals surface area (Å²) in [6.45, 7) is 13.9. The van der Waals surface area contributed by atoms with Gasteiger partial charge in [-0.3, -0.25) is 4.79 Å². The number of esters is 1. The molecule has 0 aliphatic carbocycles. The van der Waals surface area contributed by atoms with Gasteiger partial charge in [0.1, 0.15) is 13.2 Å². The number of hydrogen-bond donors (Lipinski definition) is 1. The van der Waals surface area contributed by atoms with Crippen LogP contribution in [0, 0.1) is 27.7 Å². The summed E-state index contributed by atoms with van der Waals surface area (Å²) in [5, 5.41) is 0. The van der Waals surface area contributed by atoms with E-state index in [1.807, 2.05) is 27.7 Å². The molecule has 158 valence electrons. The summed E-state index contributed by atoms with van der Waals surface area (Å²) in [4.78, 5) is 12.3.